The van der Waals surface area contributed by atoms with Crippen molar-refractivity contribution < 1.29 is 0 Å². The number of benzene rings is 1. The Bertz CT molecular complexity index is 298. The van der Waals surface area contributed by atoms with Gasteiger partial charge in [0.2, 0.25) is 0 Å². The van der Waals surface area contributed by atoms with Crippen molar-refractivity contribution in [2.75, 3.05) is 0 Å². The molecule has 0 heterocycles. The van der Waals surface area contributed by atoms with Crippen LogP contribution in [0.1, 0.15) is 44.7 Å². The monoisotopic (exact) mass is 225 g/mol. The van der Waals surface area contributed by atoms with Crippen LogP contribution in [-0.4, -0.2) is 0 Å². The highest BCUT2D eigenvalue weighted by Crippen LogP contribution is 2.26. The number of halogens is 1. The molecule has 0 amide bonds. The van der Waals surface area contributed by atoms with Gasteiger partial charge in [-0.3, -0.25) is 0 Å². The number of rotatable bonds is 5. The molecule has 1 aromatic rings. The molecule has 0 aliphatic heterocycles. The molecule has 0 aliphatic rings. The minimum atomic E-state index is 0.0697. The van der Waals surface area contributed by atoms with Crippen LogP contribution in [0.4, 0.5) is 0 Å². The maximum absolute atomic E-state index is 6.14. The van der Waals surface area contributed by atoms with Gasteiger partial charge in [-0.1, -0.05) is 56.5 Å². The van der Waals surface area contributed by atoms with Gasteiger partial charge in [0, 0.05) is 11.1 Å². The van der Waals surface area contributed by atoms with Crippen molar-refractivity contribution in [1.29, 1.82) is 0 Å². The zero-order chi connectivity index (χ0) is 11.3. The summed E-state index contributed by atoms with van der Waals surface area (Å²) in [6, 6.07) is 7.92. The first-order valence-electron chi connectivity index (χ1n) is 5.65. The second-order valence-corrected chi connectivity index (χ2v) is 4.66. The topological polar surface area (TPSA) is 26.0 Å². The molecule has 0 saturated carbocycles. The maximum atomic E-state index is 6.14. The largest absolute Gasteiger partial charge is 0.324 e. The Labute approximate surface area is 97.6 Å². The highest BCUT2D eigenvalue weighted by molar-refractivity contribution is 6.31. The van der Waals surface area contributed by atoms with Crippen molar-refractivity contribution in [1.82, 2.24) is 0 Å². The van der Waals surface area contributed by atoms with Crippen LogP contribution in [-0.2, 0) is 0 Å². The van der Waals surface area contributed by atoms with Gasteiger partial charge in [-0.15, -0.1) is 0 Å². The van der Waals surface area contributed by atoms with Crippen molar-refractivity contribution in [2.24, 2.45) is 11.7 Å². The lowest BCUT2D eigenvalue weighted by Crippen LogP contribution is -2.14. The summed E-state index contributed by atoms with van der Waals surface area (Å²) >= 11 is 6.10. The average molecular weight is 226 g/mol. The van der Waals surface area contributed by atoms with E-state index in [1.807, 2.05) is 24.3 Å². The number of hydrogen-bond donors (Lipinski definition) is 1. The second-order valence-electron chi connectivity index (χ2n) is 4.26. The fourth-order valence-corrected chi connectivity index (χ4v) is 2.22. The van der Waals surface area contributed by atoms with Crippen LogP contribution < -0.4 is 5.73 Å². The minimum Gasteiger partial charge on any atom is -0.324 e. The van der Waals surface area contributed by atoms with E-state index in [2.05, 4.69) is 13.8 Å². The summed E-state index contributed by atoms with van der Waals surface area (Å²) in [4.78, 5) is 0. The quantitative estimate of drug-likeness (QED) is 0.800. The Kier molecular flexibility index (Phi) is 5.13. The van der Waals surface area contributed by atoms with E-state index in [9.17, 15) is 0 Å². The molecule has 0 bridgehead atoms. The van der Waals surface area contributed by atoms with Crippen molar-refractivity contribution >= 4 is 11.6 Å². The van der Waals surface area contributed by atoms with Gasteiger partial charge >= 0.3 is 0 Å². The zero-order valence-corrected chi connectivity index (χ0v) is 10.3. The number of hydrogen-bond acceptors (Lipinski definition) is 1. The molecule has 2 atom stereocenters. The third kappa shape index (κ3) is 3.84. The van der Waals surface area contributed by atoms with Gasteiger partial charge in [-0.25, -0.2) is 0 Å². The molecule has 2 heteroatoms. The molecule has 0 radical (unpaired) electrons. The van der Waals surface area contributed by atoms with Gasteiger partial charge in [-0.05, 0) is 24.0 Å². The molecular formula is C13H20ClN. The third-order valence-corrected chi connectivity index (χ3v) is 3.09. The molecule has 2 N–H and O–H groups in total. The van der Waals surface area contributed by atoms with Crippen LogP contribution in [0.15, 0.2) is 24.3 Å². The fourth-order valence-electron chi connectivity index (χ4n) is 1.95. The Balaban J connectivity index is 2.61. The Hall–Kier alpha value is -0.530. The van der Waals surface area contributed by atoms with Crippen LogP contribution in [0, 0.1) is 5.92 Å². The van der Waals surface area contributed by atoms with E-state index in [-0.39, 0.29) is 6.04 Å². The predicted molar refractivity (Wildman–Crippen MR) is 67.1 cm³/mol. The van der Waals surface area contributed by atoms with E-state index in [4.69, 9.17) is 17.3 Å². The summed E-state index contributed by atoms with van der Waals surface area (Å²) in [5.74, 6) is 0.668. The SMILES string of the molecule is CCCC(C)CC(N)c1ccccc1Cl. The Morgan fingerprint density at radius 2 is 2.00 bits per heavy atom. The fraction of sp³-hybridized carbons (Fsp3) is 0.538. The molecule has 1 nitrogen and oxygen atoms in total. The lowest BCUT2D eigenvalue weighted by atomic mass is 9.93. The van der Waals surface area contributed by atoms with Gasteiger partial charge in [0.15, 0.2) is 0 Å². The van der Waals surface area contributed by atoms with Gasteiger partial charge in [0.1, 0.15) is 0 Å². The summed E-state index contributed by atoms with van der Waals surface area (Å²) < 4.78 is 0. The summed E-state index contributed by atoms with van der Waals surface area (Å²) in [5.41, 5.74) is 7.21. The Morgan fingerprint density at radius 1 is 1.33 bits per heavy atom. The van der Waals surface area contributed by atoms with E-state index < -0.39 is 0 Å². The summed E-state index contributed by atoms with van der Waals surface area (Å²) in [7, 11) is 0. The van der Waals surface area contributed by atoms with E-state index in [1.165, 1.54) is 12.8 Å². The number of nitrogens with two attached hydrogens (primary N) is 1. The molecule has 0 fully saturated rings. The highest BCUT2D eigenvalue weighted by atomic mass is 35.5. The lowest BCUT2D eigenvalue weighted by Gasteiger charge is -2.18. The third-order valence-electron chi connectivity index (χ3n) is 2.74. The van der Waals surface area contributed by atoms with E-state index in [0.29, 0.717) is 5.92 Å². The molecule has 84 valence electrons. The molecule has 1 rings (SSSR count). The first-order valence-corrected chi connectivity index (χ1v) is 6.03. The summed E-state index contributed by atoms with van der Waals surface area (Å²) in [5, 5.41) is 0.786. The van der Waals surface area contributed by atoms with E-state index >= 15 is 0 Å². The van der Waals surface area contributed by atoms with Gasteiger partial charge in [0.25, 0.3) is 0 Å². The molecule has 2 unspecified atom stereocenters. The molecule has 0 spiro atoms. The van der Waals surface area contributed by atoms with Gasteiger partial charge < -0.3 is 5.73 Å². The molecule has 1 aromatic carbocycles. The summed E-state index contributed by atoms with van der Waals surface area (Å²) in [6.45, 7) is 4.46. The smallest absolute Gasteiger partial charge is 0.0453 e. The molecular weight excluding hydrogens is 206 g/mol. The van der Waals surface area contributed by atoms with Crippen molar-refractivity contribution in [3.8, 4) is 0 Å². The lowest BCUT2D eigenvalue weighted by molar-refractivity contribution is 0.440. The van der Waals surface area contributed by atoms with Crippen LogP contribution >= 0.6 is 11.6 Å². The van der Waals surface area contributed by atoms with Crippen molar-refractivity contribution in [2.45, 2.75) is 39.2 Å². The molecule has 0 aliphatic carbocycles. The minimum absolute atomic E-state index is 0.0697. The molecule has 0 aromatic heterocycles. The normalized spacial score (nSPS) is 14.9. The van der Waals surface area contributed by atoms with E-state index in [1.54, 1.807) is 0 Å². The van der Waals surface area contributed by atoms with Crippen LogP contribution in [0.2, 0.25) is 5.02 Å². The maximum Gasteiger partial charge on any atom is 0.0453 e. The molecule has 0 saturated heterocycles. The van der Waals surface area contributed by atoms with Crippen molar-refractivity contribution in [3.63, 3.8) is 0 Å². The highest BCUT2D eigenvalue weighted by Gasteiger charge is 2.12. The van der Waals surface area contributed by atoms with Crippen LogP contribution in [0.5, 0.6) is 0 Å². The van der Waals surface area contributed by atoms with E-state index in [0.717, 1.165) is 17.0 Å². The van der Waals surface area contributed by atoms with Gasteiger partial charge in [-0.2, -0.15) is 0 Å². The zero-order valence-electron chi connectivity index (χ0n) is 9.54. The first-order chi connectivity index (χ1) is 7.15. The summed E-state index contributed by atoms with van der Waals surface area (Å²) in [6.07, 6.45) is 3.46. The first kappa shape index (κ1) is 12.5. The van der Waals surface area contributed by atoms with Crippen molar-refractivity contribution in [3.05, 3.63) is 34.9 Å². The second kappa shape index (κ2) is 6.14. The standard InChI is InChI=1S/C13H20ClN/c1-3-6-10(2)9-13(15)11-7-4-5-8-12(11)14/h4-5,7-8,10,13H,3,6,9,15H2,1-2H3. The molecule has 15 heavy (non-hydrogen) atoms. The van der Waals surface area contributed by atoms with Crippen LogP contribution in [0.3, 0.4) is 0 Å². The van der Waals surface area contributed by atoms with Crippen LogP contribution in [0.25, 0.3) is 0 Å². The Morgan fingerprint density at radius 3 is 2.60 bits per heavy atom. The predicted octanol–water partition coefficient (Wildman–Crippen LogP) is 4.17. The van der Waals surface area contributed by atoms with Gasteiger partial charge in [0.05, 0.1) is 0 Å². The average Bonchev–Trinajstić information content (AvgIpc) is 2.18.